The lowest BCUT2D eigenvalue weighted by Gasteiger charge is -2.18. The fourth-order valence-corrected chi connectivity index (χ4v) is 8.55. The van der Waals surface area contributed by atoms with Crippen molar-refractivity contribution in [3.63, 3.8) is 0 Å². The Balaban J connectivity index is 4.26. The van der Waals surface area contributed by atoms with Crippen LogP contribution in [-0.4, -0.2) is 37.2 Å². The number of hydrogen-bond donors (Lipinski definition) is 0. The van der Waals surface area contributed by atoms with Crippen molar-refractivity contribution in [2.45, 2.75) is 277 Å². The zero-order valence-corrected chi connectivity index (χ0v) is 52.7. The average molecular weight is 1130 g/mol. The molecule has 0 aliphatic heterocycles. The molecule has 0 aliphatic carbocycles. The normalized spacial score (nSPS) is 13.3. The second-order valence-electron chi connectivity index (χ2n) is 21.3. The summed E-state index contributed by atoms with van der Waals surface area (Å²) in [6, 6.07) is 0. The summed E-state index contributed by atoms with van der Waals surface area (Å²) in [5.41, 5.74) is 0. The Morgan fingerprint density at radius 3 is 0.768 bits per heavy atom. The Bertz CT molecular complexity index is 1870. The van der Waals surface area contributed by atoms with Crippen LogP contribution >= 0.6 is 0 Å². The first-order chi connectivity index (χ1) is 40.5. The van der Waals surface area contributed by atoms with Crippen molar-refractivity contribution in [3.8, 4) is 0 Å². The molecule has 0 saturated heterocycles. The molecule has 0 radical (unpaired) electrons. The zero-order valence-electron chi connectivity index (χ0n) is 52.7. The van der Waals surface area contributed by atoms with Gasteiger partial charge in [0, 0.05) is 19.3 Å². The molecule has 0 saturated carbocycles. The molecule has 0 heterocycles. The lowest BCUT2D eigenvalue weighted by atomic mass is 10.1. The van der Waals surface area contributed by atoms with E-state index in [4.69, 9.17) is 14.2 Å². The van der Waals surface area contributed by atoms with Gasteiger partial charge in [-0.3, -0.25) is 14.4 Å². The van der Waals surface area contributed by atoms with Crippen LogP contribution in [0.2, 0.25) is 0 Å². The molecule has 0 amide bonds. The minimum absolute atomic E-state index is 0.103. The standard InChI is InChI=1S/C76H120O6/c1-4-7-10-13-16-19-22-24-26-28-30-31-32-33-34-35-36-37-38-39-40-41-42-43-44-45-47-48-50-52-54-57-60-63-66-69-75(78)81-72-73(71-80-74(77)68-65-62-59-56-21-18-15-12-9-6-3)82-76(79)70-67-64-61-58-55-53-51-49-46-29-27-25-23-20-17-14-11-8-5-2/h7-8,10-12,15-17,19-20,24-27,30-31,33-34,36-37,39-40,42-43,46,49,53,55,73H,4-6,9,13-14,18,21-23,28-29,32,35,38,41,44-45,47-48,50-52,54,56-72H2,1-3H3/b10-7-,11-8-,15-12-,19-16-,20-17-,26-24-,27-25-,31-30-,34-33-,37-36-,40-39-,43-42-,49-46-,55-53-. The van der Waals surface area contributed by atoms with E-state index in [-0.39, 0.29) is 37.5 Å². The molecular weight excluding hydrogens is 1010 g/mol. The summed E-state index contributed by atoms with van der Waals surface area (Å²) in [5, 5.41) is 0. The van der Waals surface area contributed by atoms with Crippen LogP contribution in [0.3, 0.4) is 0 Å². The van der Waals surface area contributed by atoms with Crippen molar-refractivity contribution in [1.82, 2.24) is 0 Å². The number of allylic oxidation sites excluding steroid dienone is 28. The van der Waals surface area contributed by atoms with Gasteiger partial charge >= 0.3 is 17.9 Å². The Hall–Kier alpha value is -5.23. The van der Waals surface area contributed by atoms with Gasteiger partial charge in [-0.15, -0.1) is 0 Å². The second kappa shape index (κ2) is 68.3. The van der Waals surface area contributed by atoms with Gasteiger partial charge in [0.1, 0.15) is 13.2 Å². The quantitative estimate of drug-likeness (QED) is 0.0261. The zero-order chi connectivity index (χ0) is 59.2. The maximum atomic E-state index is 12.9. The van der Waals surface area contributed by atoms with E-state index in [9.17, 15) is 14.4 Å². The Morgan fingerprint density at radius 2 is 0.476 bits per heavy atom. The number of carbonyl (C=O) groups excluding carboxylic acids is 3. The maximum absolute atomic E-state index is 12.9. The summed E-state index contributed by atoms with van der Waals surface area (Å²) in [5.74, 6) is -0.954. The first kappa shape index (κ1) is 76.8. The van der Waals surface area contributed by atoms with Crippen LogP contribution < -0.4 is 0 Å². The summed E-state index contributed by atoms with van der Waals surface area (Å²) >= 11 is 0. The Kier molecular flexibility index (Phi) is 63.9. The molecule has 0 rings (SSSR count). The lowest BCUT2D eigenvalue weighted by Crippen LogP contribution is -2.30. The number of unbranched alkanes of at least 4 members (excludes halogenated alkanes) is 19. The van der Waals surface area contributed by atoms with E-state index in [2.05, 4.69) is 191 Å². The van der Waals surface area contributed by atoms with Gasteiger partial charge in [0.05, 0.1) is 0 Å². The van der Waals surface area contributed by atoms with Crippen molar-refractivity contribution >= 4 is 17.9 Å². The summed E-state index contributed by atoms with van der Waals surface area (Å²) < 4.78 is 16.8. The van der Waals surface area contributed by atoms with Gasteiger partial charge in [-0.1, -0.05) is 274 Å². The van der Waals surface area contributed by atoms with Gasteiger partial charge in [-0.25, -0.2) is 0 Å². The summed E-state index contributed by atoms with van der Waals surface area (Å²) in [6.07, 6.45) is 101. The van der Waals surface area contributed by atoms with Crippen molar-refractivity contribution in [2.24, 2.45) is 0 Å². The molecule has 0 N–H and O–H groups in total. The molecule has 1 atom stereocenters. The molecular formula is C76H120O6. The van der Waals surface area contributed by atoms with Gasteiger partial charge in [0.25, 0.3) is 0 Å². The lowest BCUT2D eigenvalue weighted by molar-refractivity contribution is -0.167. The average Bonchev–Trinajstić information content (AvgIpc) is 3.48. The van der Waals surface area contributed by atoms with Gasteiger partial charge in [-0.05, 0) is 148 Å². The van der Waals surface area contributed by atoms with Gasteiger partial charge in [0.2, 0.25) is 0 Å². The van der Waals surface area contributed by atoms with Crippen LogP contribution in [0.15, 0.2) is 170 Å². The SMILES string of the molecule is CC/C=C\C/C=C\C/C=C\C/C=C\C/C=C\C/C=C\C/C=C\C/C=C\CCCCCCCCCCCCC(=O)OCC(COC(=O)CCCCCCC/C=C\CCC)OC(=O)CCCCC/C=C\C/C=C\C/C=C\C/C=C\C/C=C\CC. The Labute approximate surface area is 504 Å². The fraction of sp³-hybridized carbons (Fsp3) is 0.592. The number of rotatable bonds is 58. The Morgan fingerprint density at radius 1 is 0.256 bits per heavy atom. The summed E-state index contributed by atoms with van der Waals surface area (Å²) in [7, 11) is 0. The largest absolute Gasteiger partial charge is 0.462 e. The molecule has 0 aliphatic rings. The second-order valence-corrected chi connectivity index (χ2v) is 21.3. The highest BCUT2D eigenvalue weighted by Crippen LogP contribution is 2.15. The smallest absolute Gasteiger partial charge is 0.306 e. The maximum Gasteiger partial charge on any atom is 0.306 e. The molecule has 0 aromatic heterocycles. The third kappa shape index (κ3) is 65.6. The van der Waals surface area contributed by atoms with E-state index in [1.54, 1.807) is 0 Å². The highest BCUT2D eigenvalue weighted by Gasteiger charge is 2.19. The topological polar surface area (TPSA) is 78.9 Å². The molecule has 6 heteroatoms. The van der Waals surface area contributed by atoms with Crippen molar-refractivity contribution in [3.05, 3.63) is 170 Å². The molecule has 0 aromatic carbocycles. The van der Waals surface area contributed by atoms with Crippen LogP contribution in [-0.2, 0) is 28.6 Å². The van der Waals surface area contributed by atoms with Crippen LogP contribution in [0, 0.1) is 0 Å². The first-order valence-corrected chi connectivity index (χ1v) is 33.1. The molecule has 1 unspecified atom stereocenters. The predicted octanol–water partition coefficient (Wildman–Crippen LogP) is 23.0. The number of carbonyl (C=O) groups is 3. The molecule has 0 aromatic rings. The number of ether oxygens (including phenoxy) is 3. The van der Waals surface area contributed by atoms with Gasteiger partial charge < -0.3 is 14.2 Å². The molecule has 460 valence electrons. The fourth-order valence-electron chi connectivity index (χ4n) is 8.55. The van der Waals surface area contributed by atoms with Crippen LogP contribution in [0.25, 0.3) is 0 Å². The summed E-state index contributed by atoms with van der Waals surface area (Å²) in [6.45, 7) is 6.30. The van der Waals surface area contributed by atoms with Gasteiger partial charge in [0.15, 0.2) is 6.10 Å². The van der Waals surface area contributed by atoms with E-state index in [1.807, 2.05) is 0 Å². The van der Waals surface area contributed by atoms with Crippen molar-refractivity contribution < 1.29 is 28.6 Å². The third-order valence-electron chi connectivity index (χ3n) is 13.4. The minimum atomic E-state index is -0.808. The predicted molar refractivity (Wildman–Crippen MR) is 357 cm³/mol. The van der Waals surface area contributed by atoms with Crippen LogP contribution in [0.4, 0.5) is 0 Å². The molecule has 6 nitrogen and oxygen atoms in total. The van der Waals surface area contributed by atoms with E-state index in [1.165, 1.54) is 57.8 Å². The minimum Gasteiger partial charge on any atom is -0.462 e. The molecule has 0 fully saturated rings. The molecule has 82 heavy (non-hydrogen) atoms. The monoisotopic (exact) mass is 1130 g/mol. The van der Waals surface area contributed by atoms with Crippen LogP contribution in [0.5, 0.6) is 0 Å². The van der Waals surface area contributed by atoms with E-state index in [0.29, 0.717) is 12.8 Å². The summed E-state index contributed by atoms with van der Waals surface area (Å²) in [4.78, 5) is 38.2. The molecule has 0 bridgehead atoms. The van der Waals surface area contributed by atoms with Crippen molar-refractivity contribution in [1.29, 1.82) is 0 Å². The van der Waals surface area contributed by atoms with Crippen LogP contribution in [0.1, 0.15) is 271 Å². The highest BCUT2D eigenvalue weighted by molar-refractivity contribution is 5.71. The van der Waals surface area contributed by atoms with E-state index < -0.39 is 6.10 Å². The van der Waals surface area contributed by atoms with Crippen molar-refractivity contribution in [2.75, 3.05) is 13.2 Å². The highest BCUT2D eigenvalue weighted by atomic mass is 16.6. The first-order valence-electron chi connectivity index (χ1n) is 33.1. The third-order valence-corrected chi connectivity index (χ3v) is 13.4. The van der Waals surface area contributed by atoms with Gasteiger partial charge in [-0.2, -0.15) is 0 Å². The number of hydrogen-bond acceptors (Lipinski definition) is 6. The van der Waals surface area contributed by atoms with E-state index >= 15 is 0 Å². The molecule has 0 spiro atoms. The van der Waals surface area contributed by atoms with E-state index in [0.717, 1.165) is 173 Å². The number of esters is 3.